The first kappa shape index (κ1) is 24.2. The largest absolute Gasteiger partial charge is 0.487 e. The van der Waals surface area contributed by atoms with Crippen molar-refractivity contribution in [2.24, 2.45) is 5.73 Å². The molecule has 0 radical (unpaired) electrons. The summed E-state index contributed by atoms with van der Waals surface area (Å²) in [5, 5.41) is 10.0. The number of aromatic carboxylic acids is 1. The van der Waals surface area contributed by atoms with Gasteiger partial charge >= 0.3 is 12.6 Å². The first-order valence-electron chi connectivity index (χ1n) is 11.2. The number of halogens is 2. The van der Waals surface area contributed by atoms with Gasteiger partial charge in [0, 0.05) is 22.5 Å². The molecular weight excluding hydrogens is 454 g/mol. The second-order valence-electron chi connectivity index (χ2n) is 8.23. The molecule has 0 amide bonds. The van der Waals surface area contributed by atoms with Crippen LogP contribution in [0.3, 0.4) is 0 Å². The van der Waals surface area contributed by atoms with Gasteiger partial charge in [0.1, 0.15) is 18.1 Å². The molecule has 1 fully saturated rings. The molecule has 35 heavy (non-hydrogen) atoms. The highest BCUT2D eigenvalue weighted by Gasteiger charge is 2.16. The van der Waals surface area contributed by atoms with E-state index in [2.05, 4.69) is 4.74 Å². The molecule has 1 saturated carbocycles. The van der Waals surface area contributed by atoms with E-state index in [1.54, 1.807) is 30.3 Å². The van der Waals surface area contributed by atoms with Gasteiger partial charge in [-0.05, 0) is 55.3 Å². The van der Waals surface area contributed by atoms with E-state index < -0.39 is 12.6 Å². The standard InChI is InChI=1S/C24H19F2NO4.C3H7N/c25-24(26)31-22-9-5-4-6-17(22)14-27-19(15-30-20-7-2-1-3-8-20)13-18-12-16(23(28)29)10-11-21(18)27;4-3-1-2-3/h1-13,24H,14-15H2,(H,28,29);3H,1-2,4H2. The van der Waals surface area contributed by atoms with Crippen LogP contribution in [0.1, 0.15) is 34.5 Å². The van der Waals surface area contributed by atoms with Gasteiger partial charge in [0.05, 0.1) is 17.8 Å². The minimum atomic E-state index is -2.93. The first-order valence-corrected chi connectivity index (χ1v) is 11.2. The third-order valence-electron chi connectivity index (χ3n) is 5.50. The van der Waals surface area contributed by atoms with Crippen LogP contribution in [0.4, 0.5) is 8.78 Å². The molecule has 4 aromatic rings. The van der Waals surface area contributed by atoms with Crippen LogP contribution in [0.15, 0.2) is 78.9 Å². The summed E-state index contributed by atoms with van der Waals surface area (Å²) in [6, 6.07) is 23.1. The molecule has 6 nitrogen and oxygen atoms in total. The Labute approximate surface area is 201 Å². The maximum absolute atomic E-state index is 12.8. The Morgan fingerprint density at radius 3 is 2.37 bits per heavy atom. The molecule has 0 bridgehead atoms. The number of para-hydroxylation sites is 2. The Bertz CT molecular complexity index is 1290. The van der Waals surface area contributed by atoms with Gasteiger partial charge < -0.3 is 24.9 Å². The number of alkyl halides is 2. The highest BCUT2D eigenvalue weighted by molar-refractivity contribution is 5.94. The molecule has 8 heteroatoms. The lowest BCUT2D eigenvalue weighted by Gasteiger charge is -2.15. The number of carbonyl (C=O) groups is 1. The van der Waals surface area contributed by atoms with Gasteiger partial charge in [-0.3, -0.25) is 0 Å². The highest BCUT2D eigenvalue weighted by atomic mass is 19.3. The predicted molar refractivity (Wildman–Crippen MR) is 129 cm³/mol. The summed E-state index contributed by atoms with van der Waals surface area (Å²) < 4.78 is 38.1. The predicted octanol–water partition coefficient (Wildman–Crippen LogP) is 5.68. The monoisotopic (exact) mass is 480 g/mol. The van der Waals surface area contributed by atoms with Crippen LogP contribution in [-0.2, 0) is 13.2 Å². The average molecular weight is 481 g/mol. The summed E-state index contributed by atoms with van der Waals surface area (Å²) in [4.78, 5) is 11.4. The maximum Gasteiger partial charge on any atom is 0.387 e. The average Bonchev–Trinajstić information content (AvgIpc) is 3.56. The number of fused-ring (bicyclic) bond motifs is 1. The molecule has 0 saturated heterocycles. The summed E-state index contributed by atoms with van der Waals surface area (Å²) in [5.41, 5.74) is 7.50. The quantitative estimate of drug-likeness (QED) is 0.339. The van der Waals surface area contributed by atoms with Gasteiger partial charge in [-0.15, -0.1) is 0 Å². The molecule has 0 aliphatic heterocycles. The molecule has 1 aliphatic carbocycles. The van der Waals surface area contributed by atoms with Crippen LogP contribution >= 0.6 is 0 Å². The van der Waals surface area contributed by atoms with Crippen LogP contribution in [0.5, 0.6) is 11.5 Å². The van der Waals surface area contributed by atoms with E-state index in [0.717, 1.165) is 16.6 Å². The number of benzene rings is 3. The van der Waals surface area contributed by atoms with E-state index in [4.69, 9.17) is 10.5 Å². The van der Waals surface area contributed by atoms with Crippen molar-refractivity contribution >= 4 is 16.9 Å². The Morgan fingerprint density at radius 2 is 1.71 bits per heavy atom. The fraction of sp³-hybridized carbons (Fsp3) is 0.222. The minimum absolute atomic E-state index is 0.0939. The van der Waals surface area contributed by atoms with E-state index in [-0.39, 0.29) is 24.5 Å². The molecule has 1 heterocycles. The number of ether oxygens (including phenoxy) is 2. The second-order valence-corrected chi connectivity index (χ2v) is 8.23. The maximum atomic E-state index is 12.8. The van der Waals surface area contributed by atoms with E-state index in [0.29, 0.717) is 17.4 Å². The van der Waals surface area contributed by atoms with Crippen molar-refractivity contribution in [1.82, 2.24) is 4.57 Å². The number of nitrogens with two attached hydrogens (primary N) is 1. The second kappa shape index (κ2) is 11.0. The van der Waals surface area contributed by atoms with Crippen molar-refractivity contribution in [2.75, 3.05) is 0 Å². The number of carboxylic acid groups (broad SMARTS) is 1. The van der Waals surface area contributed by atoms with Gasteiger partial charge in [-0.25, -0.2) is 4.79 Å². The lowest BCUT2D eigenvalue weighted by atomic mass is 10.1. The third-order valence-corrected chi connectivity index (χ3v) is 5.50. The number of aromatic nitrogens is 1. The number of hydrogen-bond donors (Lipinski definition) is 2. The summed E-state index contributed by atoms with van der Waals surface area (Å²) in [5.74, 6) is -0.240. The molecule has 1 aliphatic rings. The molecule has 3 aromatic carbocycles. The van der Waals surface area contributed by atoms with Gasteiger partial charge in [-0.1, -0.05) is 36.4 Å². The fourth-order valence-corrected chi connectivity index (χ4v) is 3.55. The lowest BCUT2D eigenvalue weighted by Crippen LogP contribution is -2.10. The molecular formula is C27H26F2N2O4. The van der Waals surface area contributed by atoms with Crippen molar-refractivity contribution < 1.29 is 28.2 Å². The van der Waals surface area contributed by atoms with Crippen LogP contribution in [0.25, 0.3) is 10.9 Å². The van der Waals surface area contributed by atoms with E-state index in [1.807, 2.05) is 41.0 Å². The molecule has 3 N–H and O–H groups in total. The van der Waals surface area contributed by atoms with Crippen LogP contribution in [-0.4, -0.2) is 28.3 Å². The zero-order valence-electron chi connectivity index (χ0n) is 18.9. The van der Waals surface area contributed by atoms with Crippen LogP contribution in [0.2, 0.25) is 0 Å². The van der Waals surface area contributed by atoms with E-state index in [1.165, 1.54) is 25.0 Å². The van der Waals surface area contributed by atoms with Crippen molar-refractivity contribution in [3.05, 3.63) is 95.7 Å². The van der Waals surface area contributed by atoms with E-state index >= 15 is 0 Å². The van der Waals surface area contributed by atoms with Crippen LogP contribution < -0.4 is 15.2 Å². The normalized spacial score (nSPS) is 12.8. The number of rotatable bonds is 8. The Morgan fingerprint density at radius 1 is 1.03 bits per heavy atom. The van der Waals surface area contributed by atoms with Crippen molar-refractivity contribution in [3.63, 3.8) is 0 Å². The smallest absolute Gasteiger partial charge is 0.387 e. The third kappa shape index (κ3) is 6.58. The van der Waals surface area contributed by atoms with Crippen molar-refractivity contribution in [2.45, 2.75) is 38.6 Å². The van der Waals surface area contributed by atoms with Gasteiger partial charge in [-0.2, -0.15) is 8.78 Å². The molecule has 182 valence electrons. The van der Waals surface area contributed by atoms with E-state index in [9.17, 15) is 18.7 Å². The SMILES string of the molecule is NC1CC1.O=C(O)c1ccc2c(c1)cc(COc1ccccc1)n2Cc1ccccc1OC(F)F. The highest BCUT2D eigenvalue weighted by Crippen LogP contribution is 2.27. The zero-order chi connectivity index (χ0) is 24.8. The number of hydrogen-bond acceptors (Lipinski definition) is 4. The molecule has 0 spiro atoms. The molecule has 1 aromatic heterocycles. The fourth-order valence-electron chi connectivity index (χ4n) is 3.55. The van der Waals surface area contributed by atoms with Gasteiger partial charge in [0.25, 0.3) is 0 Å². The minimum Gasteiger partial charge on any atom is -0.487 e. The van der Waals surface area contributed by atoms with Crippen molar-refractivity contribution in [1.29, 1.82) is 0 Å². The van der Waals surface area contributed by atoms with Crippen LogP contribution in [0, 0.1) is 0 Å². The topological polar surface area (TPSA) is 86.7 Å². The Hall–Kier alpha value is -3.91. The summed E-state index contributed by atoms with van der Waals surface area (Å²) in [6.07, 6.45) is 2.53. The lowest BCUT2D eigenvalue weighted by molar-refractivity contribution is -0.0504. The number of nitrogens with zero attached hydrogens (tertiary/aromatic N) is 1. The molecule has 0 unspecified atom stereocenters. The summed E-state index contributed by atoms with van der Waals surface area (Å²) in [6.45, 7) is -2.45. The van der Waals surface area contributed by atoms with Gasteiger partial charge in [0.2, 0.25) is 0 Å². The molecule has 0 atom stereocenters. The van der Waals surface area contributed by atoms with Gasteiger partial charge in [0.15, 0.2) is 0 Å². The molecule has 5 rings (SSSR count). The zero-order valence-corrected chi connectivity index (χ0v) is 18.9. The van der Waals surface area contributed by atoms with Crippen molar-refractivity contribution in [3.8, 4) is 11.5 Å². The Balaban J connectivity index is 0.000000656. The first-order chi connectivity index (χ1) is 16.9. The number of carboxylic acids is 1. The summed E-state index contributed by atoms with van der Waals surface area (Å²) >= 11 is 0. The summed E-state index contributed by atoms with van der Waals surface area (Å²) in [7, 11) is 0. The Kier molecular flexibility index (Phi) is 7.62.